The SMILES string of the molecule is CCOC(=O)/C=C/c1ccc(NC(=O)c2cc(S(=O)(=O)NC(C)C)ccc2F)cc1. The van der Waals surface area contributed by atoms with E-state index >= 15 is 0 Å². The molecule has 0 heterocycles. The molecule has 0 aliphatic rings. The summed E-state index contributed by atoms with van der Waals surface area (Å²) in [6.07, 6.45) is 2.84. The van der Waals surface area contributed by atoms with Crippen molar-refractivity contribution in [1.29, 1.82) is 0 Å². The molecule has 0 saturated carbocycles. The molecule has 0 bridgehead atoms. The third kappa shape index (κ3) is 6.50. The zero-order valence-corrected chi connectivity index (χ0v) is 17.6. The van der Waals surface area contributed by atoms with Gasteiger partial charge < -0.3 is 10.1 Å². The third-order valence-corrected chi connectivity index (χ3v) is 5.41. The molecule has 2 aromatic rings. The highest BCUT2D eigenvalue weighted by Crippen LogP contribution is 2.18. The zero-order valence-electron chi connectivity index (χ0n) is 16.8. The van der Waals surface area contributed by atoms with Crippen LogP contribution in [0, 0.1) is 5.82 Å². The fourth-order valence-corrected chi connectivity index (χ4v) is 3.73. The predicted molar refractivity (Wildman–Crippen MR) is 112 cm³/mol. The Hall–Kier alpha value is -3.04. The van der Waals surface area contributed by atoms with E-state index in [0.717, 1.165) is 18.2 Å². The van der Waals surface area contributed by atoms with Crippen LogP contribution in [0.3, 0.4) is 0 Å². The Balaban J connectivity index is 2.16. The second-order valence-electron chi connectivity index (χ2n) is 6.58. The molecule has 0 spiro atoms. The van der Waals surface area contributed by atoms with Gasteiger partial charge in [-0.05, 0) is 62.7 Å². The van der Waals surface area contributed by atoms with Crippen LogP contribution >= 0.6 is 0 Å². The smallest absolute Gasteiger partial charge is 0.330 e. The lowest BCUT2D eigenvalue weighted by molar-refractivity contribution is -0.137. The molecule has 0 saturated heterocycles. The highest BCUT2D eigenvalue weighted by molar-refractivity contribution is 7.89. The molecule has 30 heavy (non-hydrogen) atoms. The van der Waals surface area contributed by atoms with Gasteiger partial charge in [-0.3, -0.25) is 4.79 Å². The van der Waals surface area contributed by atoms with Crippen LogP contribution < -0.4 is 10.0 Å². The Morgan fingerprint density at radius 3 is 2.40 bits per heavy atom. The quantitative estimate of drug-likeness (QED) is 0.490. The van der Waals surface area contributed by atoms with Crippen molar-refractivity contribution in [3.8, 4) is 0 Å². The van der Waals surface area contributed by atoms with Crippen molar-refractivity contribution in [2.24, 2.45) is 0 Å². The van der Waals surface area contributed by atoms with E-state index in [1.807, 2.05) is 0 Å². The molecule has 0 aliphatic heterocycles. The maximum absolute atomic E-state index is 14.1. The molecule has 0 unspecified atom stereocenters. The van der Waals surface area contributed by atoms with E-state index in [1.54, 1.807) is 51.1 Å². The fraction of sp³-hybridized carbons (Fsp3) is 0.238. The van der Waals surface area contributed by atoms with Gasteiger partial charge in [0, 0.05) is 17.8 Å². The number of sulfonamides is 1. The number of halogens is 1. The first kappa shape index (κ1) is 23.2. The number of benzene rings is 2. The van der Waals surface area contributed by atoms with Crippen LogP contribution in [0.4, 0.5) is 10.1 Å². The van der Waals surface area contributed by atoms with E-state index in [2.05, 4.69) is 10.0 Å². The molecule has 2 rings (SSSR count). The summed E-state index contributed by atoms with van der Waals surface area (Å²) >= 11 is 0. The number of ether oxygens (including phenoxy) is 1. The van der Waals surface area contributed by atoms with Gasteiger partial charge in [-0.25, -0.2) is 22.3 Å². The van der Waals surface area contributed by atoms with E-state index in [4.69, 9.17) is 4.74 Å². The molecule has 0 fully saturated rings. The molecule has 2 N–H and O–H groups in total. The summed E-state index contributed by atoms with van der Waals surface area (Å²) < 4.78 is 45.9. The summed E-state index contributed by atoms with van der Waals surface area (Å²) in [5, 5.41) is 2.52. The lowest BCUT2D eigenvalue weighted by Crippen LogP contribution is -2.30. The largest absolute Gasteiger partial charge is 0.463 e. The molecule has 0 aromatic heterocycles. The molecular formula is C21H23FN2O5S. The summed E-state index contributed by atoms with van der Waals surface area (Å²) in [7, 11) is -3.87. The first-order chi connectivity index (χ1) is 14.1. The standard InChI is InChI=1S/C21H23FN2O5S/c1-4-29-20(25)12-7-15-5-8-16(9-6-15)23-21(26)18-13-17(10-11-19(18)22)30(27,28)24-14(2)3/h5-14,24H,4H2,1-3H3,(H,23,26)/b12-7+. The lowest BCUT2D eigenvalue weighted by Gasteiger charge is -2.11. The Morgan fingerprint density at radius 2 is 1.80 bits per heavy atom. The van der Waals surface area contributed by atoms with Gasteiger partial charge in [0.25, 0.3) is 5.91 Å². The summed E-state index contributed by atoms with van der Waals surface area (Å²) in [5.74, 6) is -2.10. The molecule has 0 aliphatic carbocycles. The lowest BCUT2D eigenvalue weighted by atomic mass is 10.1. The first-order valence-electron chi connectivity index (χ1n) is 9.20. The Bertz CT molecular complexity index is 1050. The van der Waals surface area contributed by atoms with E-state index in [1.165, 1.54) is 6.08 Å². The number of hydrogen-bond acceptors (Lipinski definition) is 5. The number of carbonyl (C=O) groups is 2. The molecule has 0 radical (unpaired) electrons. The Morgan fingerprint density at radius 1 is 1.13 bits per heavy atom. The van der Waals surface area contributed by atoms with Crippen LogP contribution in [0.15, 0.2) is 53.4 Å². The van der Waals surface area contributed by atoms with Gasteiger partial charge in [0.05, 0.1) is 17.1 Å². The summed E-state index contributed by atoms with van der Waals surface area (Å²) in [5.41, 5.74) is 0.675. The van der Waals surface area contributed by atoms with Crippen LogP contribution in [0.1, 0.15) is 36.7 Å². The average molecular weight is 434 g/mol. The minimum absolute atomic E-state index is 0.206. The first-order valence-corrected chi connectivity index (χ1v) is 10.7. The van der Waals surface area contributed by atoms with E-state index < -0.39 is 33.3 Å². The van der Waals surface area contributed by atoms with Crippen molar-refractivity contribution in [1.82, 2.24) is 4.72 Å². The van der Waals surface area contributed by atoms with Gasteiger partial charge in [0.2, 0.25) is 10.0 Å². The van der Waals surface area contributed by atoms with Gasteiger partial charge >= 0.3 is 5.97 Å². The molecule has 2 aromatic carbocycles. The fourth-order valence-electron chi connectivity index (χ4n) is 2.45. The van der Waals surface area contributed by atoms with Gasteiger partial charge in [-0.15, -0.1) is 0 Å². The second-order valence-corrected chi connectivity index (χ2v) is 8.29. The third-order valence-electron chi connectivity index (χ3n) is 3.75. The summed E-state index contributed by atoms with van der Waals surface area (Å²) in [6.45, 7) is 5.29. The molecule has 160 valence electrons. The van der Waals surface area contributed by atoms with Crippen LogP contribution in [0.25, 0.3) is 6.08 Å². The number of hydrogen-bond donors (Lipinski definition) is 2. The van der Waals surface area contributed by atoms with Gasteiger partial charge in [0.15, 0.2) is 0 Å². The van der Waals surface area contributed by atoms with Gasteiger partial charge in [-0.2, -0.15) is 0 Å². The van der Waals surface area contributed by atoms with Crippen LogP contribution in [-0.2, 0) is 19.6 Å². The van der Waals surface area contributed by atoms with Crippen molar-refractivity contribution in [2.45, 2.75) is 31.7 Å². The minimum atomic E-state index is -3.87. The highest BCUT2D eigenvalue weighted by atomic mass is 32.2. The molecule has 7 nitrogen and oxygen atoms in total. The van der Waals surface area contributed by atoms with Crippen molar-refractivity contribution in [3.05, 3.63) is 65.5 Å². The normalized spacial score (nSPS) is 11.6. The topological polar surface area (TPSA) is 102 Å². The number of anilines is 1. The minimum Gasteiger partial charge on any atom is -0.463 e. The van der Waals surface area contributed by atoms with Crippen LogP contribution in [0.2, 0.25) is 0 Å². The van der Waals surface area contributed by atoms with Gasteiger partial charge in [-0.1, -0.05) is 12.1 Å². The van der Waals surface area contributed by atoms with E-state index in [9.17, 15) is 22.4 Å². The number of nitrogens with one attached hydrogen (secondary N) is 2. The average Bonchev–Trinajstić information content (AvgIpc) is 2.66. The Kier molecular flexibility index (Phi) is 7.85. The van der Waals surface area contributed by atoms with Crippen molar-refractivity contribution in [3.63, 3.8) is 0 Å². The van der Waals surface area contributed by atoms with Crippen molar-refractivity contribution in [2.75, 3.05) is 11.9 Å². The maximum Gasteiger partial charge on any atom is 0.330 e. The highest BCUT2D eigenvalue weighted by Gasteiger charge is 2.20. The zero-order chi connectivity index (χ0) is 22.3. The second kappa shape index (κ2) is 10.1. The molecule has 9 heteroatoms. The number of carbonyl (C=O) groups excluding carboxylic acids is 2. The van der Waals surface area contributed by atoms with Crippen molar-refractivity contribution < 1.29 is 27.1 Å². The molecular weight excluding hydrogens is 411 g/mol. The van der Waals surface area contributed by atoms with Crippen LogP contribution in [0.5, 0.6) is 0 Å². The Labute approximate surface area is 175 Å². The molecule has 0 atom stereocenters. The predicted octanol–water partition coefficient (Wildman–Crippen LogP) is 3.34. The van der Waals surface area contributed by atoms with Crippen LogP contribution in [-0.4, -0.2) is 32.9 Å². The summed E-state index contributed by atoms with van der Waals surface area (Å²) in [4.78, 5) is 23.6. The van der Waals surface area contributed by atoms with E-state index in [0.29, 0.717) is 11.3 Å². The monoisotopic (exact) mass is 434 g/mol. The number of rotatable bonds is 8. The van der Waals surface area contributed by atoms with Gasteiger partial charge in [0.1, 0.15) is 5.82 Å². The van der Waals surface area contributed by atoms with E-state index in [-0.39, 0.29) is 17.5 Å². The maximum atomic E-state index is 14.1. The van der Waals surface area contributed by atoms with Crippen molar-refractivity contribution >= 4 is 33.7 Å². The molecule has 1 amide bonds. The number of amides is 1. The number of esters is 1. The summed E-state index contributed by atoms with van der Waals surface area (Å²) in [6, 6.07) is 9.11.